The maximum absolute atomic E-state index is 13.0. The van der Waals surface area contributed by atoms with Gasteiger partial charge in [0.05, 0.1) is 29.4 Å². The van der Waals surface area contributed by atoms with Crippen LogP contribution >= 0.6 is 11.8 Å². The van der Waals surface area contributed by atoms with Gasteiger partial charge < -0.3 is 9.80 Å². The molecule has 3 saturated heterocycles. The second-order valence-electron chi connectivity index (χ2n) is 9.30. The van der Waals surface area contributed by atoms with Crippen molar-refractivity contribution in [2.45, 2.75) is 50.3 Å². The van der Waals surface area contributed by atoms with Crippen LogP contribution in [0.1, 0.15) is 31.7 Å². The third-order valence-electron chi connectivity index (χ3n) is 7.15. The molecule has 4 atom stereocenters. The van der Waals surface area contributed by atoms with E-state index in [0.29, 0.717) is 11.7 Å². The standard InChI is InChI=1S/C24H35N5O3S/c1-4-18-25-21-20(23(31)28(3)24(32)27(21)2)22(26-18)33-15-19(30)29-12-10-17(11-13-29)14-16-8-6-5-7-9-16/h5-9,17-18,20-22,25-26H,4,10-15H2,1-3H3. The van der Waals surface area contributed by atoms with Crippen LogP contribution in [0.3, 0.4) is 0 Å². The zero-order chi connectivity index (χ0) is 23.5. The highest BCUT2D eigenvalue weighted by molar-refractivity contribution is 8.00. The third-order valence-corrected chi connectivity index (χ3v) is 8.36. The molecular formula is C24H35N5O3S. The molecule has 33 heavy (non-hydrogen) atoms. The van der Waals surface area contributed by atoms with Gasteiger partial charge in [0.2, 0.25) is 11.8 Å². The number of benzene rings is 1. The molecule has 0 spiro atoms. The molecule has 4 amide bonds. The summed E-state index contributed by atoms with van der Waals surface area (Å²) in [6.45, 7) is 3.63. The van der Waals surface area contributed by atoms with Crippen LogP contribution in [0.15, 0.2) is 30.3 Å². The molecule has 8 nitrogen and oxygen atoms in total. The molecule has 2 N–H and O–H groups in total. The summed E-state index contributed by atoms with van der Waals surface area (Å²) in [6.07, 6.45) is 3.55. The van der Waals surface area contributed by atoms with Crippen molar-refractivity contribution in [2.75, 3.05) is 32.9 Å². The van der Waals surface area contributed by atoms with Crippen molar-refractivity contribution in [1.29, 1.82) is 0 Å². The first-order chi connectivity index (χ1) is 15.9. The van der Waals surface area contributed by atoms with Crippen LogP contribution in [0, 0.1) is 11.8 Å². The number of carbonyl (C=O) groups excluding carboxylic acids is 3. The minimum absolute atomic E-state index is 0.0148. The number of amides is 4. The van der Waals surface area contributed by atoms with Crippen LogP contribution in [0.4, 0.5) is 4.79 Å². The Balaban J connectivity index is 1.32. The van der Waals surface area contributed by atoms with Gasteiger partial charge in [-0.15, -0.1) is 11.8 Å². The molecule has 9 heteroatoms. The smallest absolute Gasteiger partial charge is 0.327 e. The van der Waals surface area contributed by atoms with Crippen molar-refractivity contribution in [3.8, 4) is 0 Å². The Morgan fingerprint density at radius 3 is 2.45 bits per heavy atom. The highest BCUT2D eigenvalue weighted by atomic mass is 32.2. The van der Waals surface area contributed by atoms with Crippen LogP contribution in [-0.4, -0.2) is 83.2 Å². The van der Waals surface area contributed by atoms with E-state index in [-0.39, 0.29) is 35.6 Å². The molecule has 3 aliphatic heterocycles. The fraction of sp³-hybridized carbons (Fsp3) is 0.625. The number of rotatable bonds is 6. The van der Waals surface area contributed by atoms with Gasteiger partial charge in [-0.25, -0.2) is 4.79 Å². The second-order valence-corrected chi connectivity index (χ2v) is 10.4. The highest BCUT2D eigenvalue weighted by Crippen LogP contribution is 2.32. The minimum atomic E-state index is -0.435. The fourth-order valence-corrected chi connectivity index (χ4v) is 6.33. The average molecular weight is 474 g/mol. The molecule has 0 bridgehead atoms. The van der Waals surface area contributed by atoms with Crippen LogP contribution in [0.25, 0.3) is 0 Å². The number of imide groups is 1. The van der Waals surface area contributed by atoms with Crippen molar-refractivity contribution in [1.82, 2.24) is 25.3 Å². The molecule has 4 rings (SSSR count). The van der Waals surface area contributed by atoms with E-state index in [1.165, 1.54) is 29.3 Å². The molecule has 0 saturated carbocycles. The number of carbonyl (C=O) groups is 3. The number of likely N-dealkylation sites (tertiary alicyclic amines) is 1. The van der Waals surface area contributed by atoms with Crippen molar-refractivity contribution in [3.05, 3.63) is 35.9 Å². The highest BCUT2D eigenvalue weighted by Gasteiger charge is 2.50. The average Bonchev–Trinajstić information content (AvgIpc) is 2.85. The zero-order valence-corrected chi connectivity index (χ0v) is 20.5. The Kier molecular flexibility index (Phi) is 7.61. The lowest BCUT2D eigenvalue weighted by atomic mass is 9.90. The van der Waals surface area contributed by atoms with Gasteiger partial charge >= 0.3 is 6.03 Å². The van der Waals surface area contributed by atoms with Gasteiger partial charge in [-0.2, -0.15) is 0 Å². The van der Waals surface area contributed by atoms with Gasteiger partial charge in [0.15, 0.2) is 0 Å². The summed E-state index contributed by atoms with van der Waals surface area (Å²) in [6, 6.07) is 10.2. The number of piperidine rings is 1. The number of nitrogens with zero attached hydrogens (tertiary/aromatic N) is 3. The molecule has 3 fully saturated rings. The van der Waals surface area contributed by atoms with E-state index in [4.69, 9.17) is 0 Å². The Morgan fingerprint density at radius 2 is 1.79 bits per heavy atom. The lowest BCUT2D eigenvalue weighted by Crippen LogP contribution is -2.74. The number of hydrogen-bond acceptors (Lipinski definition) is 6. The maximum atomic E-state index is 13.0. The van der Waals surface area contributed by atoms with E-state index in [1.807, 2.05) is 11.0 Å². The Morgan fingerprint density at radius 1 is 1.09 bits per heavy atom. The Labute approximate surface area is 200 Å². The molecule has 4 unspecified atom stereocenters. The van der Waals surface area contributed by atoms with E-state index >= 15 is 0 Å². The number of hydrogen-bond donors (Lipinski definition) is 2. The topological polar surface area (TPSA) is 85.0 Å². The van der Waals surface area contributed by atoms with E-state index in [2.05, 4.69) is 41.8 Å². The van der Waals surface area contributed by atoms with Crippen molar-refractivity contribution < 1.29 is 14.4 Å². The largest absolute Gasteiger partial charge is 0.342 e. The minimum Gasteiger partial charge on any atom is -0.342 e. The van der Waals surface area contributed by atoms with Gasteiger partial charge in [0.25, 0.3) is 0 Å². The van der Waals surface area contributed by atoms with Crippen LogP contribution in [0.2, 0.25) is 0 Å². The Hall–Kier alpha value is -2.10. The molecule has 1 aromatic rings. The summed E-state index contributed by atoms with van der Waals surface area (Å²) in [7, 11) is 3.25. The van der Waals surface area contributed by atoms with Gasteiger partial charge in [-0.1, -0.05) is 37.3 Å². The predicted molar refractivity (Wildman–Crippen MR) is 129 cm³/mol. The van der Waals surface area contributed by atoms with Crippen molar-refractivity contribution in [2.24, 2.45) is 11.8 Å². The monoisotopic (exact) mass is 473 g/mol. The van der Waals surface area contributed by atoms with Gasteiger partial charge in [0.1, 0.15) is 0 Å². The van der Waals surface area contributed by atoms with E-state index in [9.17, 15) is 14.4 Å². The molecule has 0 radical (unpaired) electrons. The number of thioether (sulfide) groups is 1. The quantitative estimate of drug-likeness (QED) is 0.657. The molecule has 180 valence electrons. The number of fused-ring (bicyclic) bond motifs is 1. The Bertz CT molecular complexity index is 861. The van der Waals surface area contributed by atoms with Crippen LogP contribution in [-0.2, 0) is 16.0 Å². The lowest BCUT2D eigenvalue weighted by molar-refractivity contribution is -0.140. The van der Waals surface area contributed by atoms with E-state index < -0.39 is 5.92 Å². The number of nitrogens with one attached hydrogen (secondary N) is 2. The van der Waals surface area contributed by atoms with E-state index in [0.717, 1.165) is 38.8 Å². The van der Waals surface area contributed by atoms with Crippen LogP contribution < -0.4 is 10.6 Å². The molecule has 1 aromatic carbocycles. The first kappa shape index (κ1) is 24.0. The normalized spacial score (nSPS) is 28.8. The summed E-state index contributed by atoms with van der Waals surface area (Å²) in [5, 5.41) is 6.63. The van der Waals surface area contributed by atoms with Gasteiger partial charge in [0, 0.05) is 27.2 Å². The van der Waals surface area contributed by atoms with Crippen molar-refractivity contribution >= 4 is 29.6 Å². The summed E-state index contributed by atoms with van der Waals surface area (Å²) < 4.78 is 0. The molecule has 0 aliphatic carbocycles. The maximum Gasteiger partial charge on any atom is 0.327 e. The first-order valence-corrected chi connectivity index (χ1v) is 12.9. The third kappa shape index (κ3) is 5.20. The second kappa shape index (κ2) is 10.4. The lowest BCUT2D eigenvalue weighted by Gasteiger charge is -2.50. The molecule has 3 heterocycles. The summed E-state index contributed by atoms with van der Waals surface area (Å²) in [4.78, 5) is 43.1. The van der Waals surface area contributed by atoms with E-state index in [1.54, 1.807) is 11.9 Å². The summed E-state index contributed by atoms with van der Waals surface area (Å²) in [5.74, 6) is 0.433. The SMILES string of the molecule is CCC1NC(SCC(=O)N2CCC(Cc3ccccc3)CC2)C2C(=O)N(C)C(=O)N(C)C2N1. The van der Waals surface area contributed by atoms with Gasteiger partial charge in [-0.3, -0.25) is 25.1 Å². The summed E-state index contributed by atoms with van der Waals surface area (Å²) >= 11 is 1.49. The fourth-order valence-electron chi connectivity index (χ4n) is 5.09. The van der Waals surface area contributed by atoms with Gasteiger partial charge in [-0.05, 0) is 37.2 Å². The van der Waals surface area contributed by atoms with Crippen LogP contribution in [0.5, 0.6) is 0 Å². The molecular weight excluding hydrogens is 438 g/mol. The molecule has 3 aliphatic rings. The first-order valence-electron chi connectivity index (χ1n) is 11.9. The zero-order valence-electron chi connectivity index (χ0n) is 19.7. The van der Waals surface area contributed by atoms with Crippen molar-refractivity contribution in [3.63, 3.8) is 0 Å². The molecule has 0 aromatic heterocycles. The number of urea groups is 1. The predicted octanol–water partition coefficient (Wildman–Crippen LogP) is 1.92. The summed E-state index contributed by atoms with van der Waals surface area (Å²) in [5.41, 5.74) is 1.36.